The van der Waals surface area contributed by atoms with E-state index in [0.29, 0.717) is 9.86 Å². The molecular formula is C19H13N3O3S2. The number of hydrogen-bond acceptors (Lipinski definition) is 6. The molecule has 0 radical (unpaired) electrons. The quantitative estimate of drug-likeness (QED) is 0.289. The molecule has 4 rings (SSSR count). The number of aromatic nitrogens is 1. The molecule has 0 aliphatic carbocycles. The number of nitro benzene ring substituents is 1. The van der Waals surface area contributed by atoms with Crippen LogP contribution >= 0.6 is 23.1 Å². The molecule has 0 aliphatic heterocycles. The Balaban J connectivity index is 1.42. The van der Waals surface area contributed by atoms with Gasteiger partial charge in [-0.05, 0) is 29.0 Å². The molecule has 0 fully saturated rings. The molecule has 0 saturated heterocycles. The summed E-state index contributed by atoms with van der Waals surface area (Å²) in [5.74, 6) is 0.0925. The van der Waals surface area contributed by atoms with Gasteiger partial charge in [-0.25, -0.2) is 4.98 Å². The average molecular weight is 395 g/mol. The Bertz CT molecular complexity index is 1170. The lowest BCUT2D eigenvalue weighted by Gasteiger charge is -2.06. The van der Waals surface area contributed by atoms with Gasteiger partial charge in [0.05, 0.1) is 20.9 Å². The molecule has 1 heterocycles. The molecule has 3 aromatic carbocycles. The Labute approximate surface area is 162 Å². The van der Waals surface area contributed by atoms with E-state index in [1.54, 1.807) is 6.07 Å². The van der Waals surface area contributed by atoms with Crippen LogP contribution in [0.25, 0.3) is 21.0 Å². The first-order valence-electron chi connectivity index (χ1n) is 8.05. The highest BCUT2D eigenvalue weighted by molar-refractivity contribution is 8.01. The Morgan fingerprint density at radius 1 is 1.11 bits per heavy atom. The monoisotopic (exact) mass is 395 g/mol. The molecule has 0 atom stereocenters. The molecule has 27 heavy (non-hydrogen) atoms. The number of thiazole rings is 1. The summed E-state index contributed by atoms with van der Waals surface area (Å²) >= 11 is 2.66. The zero-order valence-electron chi connectivity index (χ0n) is 13.9. The molecule has 4 aromatic rings. The van der Waals surface area contributed by atoms with Gasteiger partial charge in [0.15, 0.2) is 4.34 Å². The second-order valence-corrected chi connectivity index (χ2v) is 8.04. The molecule has 1 N–H and O–H groups in total. The van der Waals surface area contributed by atoms with E-state index >= 15 is 0 Å². The van der Waals surface area contributed by atoms with Crippen LogP contribution in [0, 0.1) is 10.1 Å². The Morgan fingerprint density at radius 3 is 2.74 bits per heavy atom. The molecule has 0 saturated carbocycles. The molecule has 134 valence electrons. The molecule has 8 heteroatoms. The predicted molar refractivity (Wildman–Crippen MR) is 110 cm³/mol. The second kappa shape index (κ2) is 7.34. The number of rotatable bonds is 5. The molecule has 1 aromatic heterocycles. The Kier molecular flexibility index (Phi) is 4.74. The summed E-state index contributed by atoms with van der Waals surface area (Å²) in [6, 6.07) is 18.3. The van der Waals surface area contributed by atoms with Crippen molar-refractivity contribution in [2.24, 2.45) is 0 Å². The smallest absolute Gasteiger partial charge is 0.270 e. The third-order valence-corrected chi connectivity index (χ3v) is 6.08. The number of amides is 1. The van der Waals surface area contributed by atoms with E-state index in [-0.39, 0.29) is 17.3 Å². The Hall–Kier alpha value is -2.97. The zero-order chi connectivity index (χ0) is 18.8. The molecule has 1 amide bonds. The summed E-state index contributed by atoms with van der Waals surface area (Å²) in [5, 5.41) is 15.9. The van der Waals surface area contributed by atoms with Gasteiger partial charge in [-0.15, -0.1) is 11.3 Å². The number of anilines is 1. The number of fused-ring (bicyclic) bond motifs is 2. The number of nitrogens with zero attached hydrogens (tertiary/aromatic N) is 2. The van der Waals surface area contributed by atoms with Gasteiger partial charge in [-0.2, -0.15) is 0 Å². The number of non-ortho nitro benzene ring substituents is 1. The number of nitrogens with one attached hydrogen (secondary N) is 1. The number of carbonyl (C=O) groups excluding carboxylic acids is 1. The Morgan fingerprint density at radius 2 is 1.93 bits per heavy atom. The van der Waals surface area contributed by atoms with Gasteiger partial charge in [0.2, 0.25) is 5.91 Å². The van der Waals surface area contributed by atoms with Crippen molar-refractivity contribution in [2.45, 2.75) is 4.34 Å². The van der Waals surface area contributed by atoms with Crippen LogP contribution in [0.4, 0.5) is 11.4 Å². The fraction of sp³-hybridized carbons (Fsp3) is 0.0526. The van der Waals surface area contributed by atoms with Crippen molar-refractivity contribution in [3.63, 3.8) is 0 Å². The van der Waals surface area contributed by atoms with Crippen molar-refractivity contribution >= 4 is 61.4 Å². The van der Waals surface area contributed by atoms with Crippen LogP contribution in [0.15, 0.2) is 65.0 Å². The minimum atomic E-state index is -0.428. The van der Waals surface area contributed by atoms with E-state index in [1.807, 2.05) is 42.5 Å². The van der Waals surface area contributed by atoms with Crippen LogP contribution in [0.5, 0.6) is 0 Å². The lowest BCUT2D eigenvalue weighted by Crippen LogP contribution is -2.13. The van der Waals surface area contributed by atoms with Crippen LogP contribution in [0.3, 0.4) is 0 Å². The maximum atomic E-state index is 12.2. The molecule has 0 bridgehead atoms. The maximum absolute atomic E-state index is 12.2. The van der Waals surface area contributed by atoms with E-state index in [1.165, 1.54) is 35.2 Å². The summed E-state index contributed by atoms with van der Waals surface area (Å²) in [4.78, 5) is 27.1. The lowest BCUT2D eigenvalue weighted by molar-refractivity contribution is -0.384. The molecule has 0 unspecified atom stereocenters. The fourth-order valence-corrected chi connectivity index (χ4v) is 4.56. The highest BCUT2D eigenvalue weighted by atomic mass is 32.2. The van der Waals surface area contributed by atoms with Gasteiger partial charge in [0.1, 0.15) is 0 Å². The third-order valence-electron chi connectivity index (χ3n) is 3.92. The van der Waals surface area contributed by atoms with E-state index in [0.717, 1.165) is 21.2 Å². The number of hydrogen-bond donors (Lipinski definition) is 1. The fourth-order valence-electron chi connectivity index (χ4n) is 2.66. The normalized spacial score (nSPS) is 11.0. The highest BCUT2D eigenvalue weighted by Gasteiger charge is 2.12. The summed E-state index contributed by atoms with van der Waals surface area (Å²) in [7, 11) is 0. The van der Waals surface area contributed by atoms with Crippen molar-refractivity contribution in [2.75, 3.05) is 11.1 Å². The number of thioether (sulfide) groups is 1. The number of nitro groups is 1. The molecular weight excluding hydrogens is 382 g/mol. The molecule has 0 spiro atoms. The summed E-state index contributed by atoms with van der Waals surface area (Å²) < 4.78 is 1.45. The highest BCUT2D eigenvalue weighted by Crippen LogP contribution is 2.31. The van der Waals surface area contributed by atoms with Gasteiger partial charge >= 0.3 is 0 Å². The van der Waals surface area contributed by atoms with Crippen molar-refractivity contribution in [3.05, 3.63) is 70.8 Å². The van der Waals surface area contributed by atoms with E-state index in [9.17, 15) is 14.9 Å². The van der Waals surface area contributed by atoms with Crippen LogP contribution < -0.4 is 5.32 Å². The van der Waals surface area contributed by atoms with E-state index in [4.69, 9.17) is 0 Å². The first kappa shape index (κ1) is 17.4. The van der Waals surface area contributed by atoms with E-state index in [2.05, 4.69) is 10.3 Å². The minimum Gasteiger partial charge on any atom is -0.325 e. The second-order valence-electron chi connectivity index (χ2n) is 5.79. The summed E-state index contributed by atoms with van der Waals surface area (Å²) in [6.07, 6.45) is 0. The summed E-state index contributed by atoms with van der Waals surface area (Å²) in [6.45, 7) is 0. The number of benzene rings is 3. The summed E-state index contributed by atoms with van der Waals surface area (Å²) in [5.41, 5.74) is 1.49. The average Bonchev–Trinajstić information content (AvgIpc) is 3.08. The van der Waals surface area contributed by atoms with Crippen LogP contribution in [0.1, 0.15) is 0 Å². The third kappa shape index (κ3) is 3.91. The van der Waals surface area contributed by atoms with Crippen LogP contribution in [0.2, 0.25) is 0 Å². The van der Waals surface area contributed by atoms with Crippen LogP contribution in [-0.4, -0.2) is 21.6 Å². The van der Waals surface area contributed by atoms with Gasteiger partial charge in [-0.3, -0.25) is 14.9 Å². The lowest BCUT2D eigenvalue weighted by atomic mass is 10.1. The SMILES string of the molecule is O=C(CSc1nc2ccc([N+](=O)[O-])cc2s1)Nc1ccc2ccccc2c1. The first-order chi connectivity index (χ1) is 13.1. The first-order valence-corrected chi connectivity index (χ1v) is 9.85. The largest absolute Gasteiger partial charge is 0.325 e. The maximum Gasteiger partial charge on any atom is 0.270 e. The van der Waals surface area contributed by atoms with Gasteiger partial charge in [0, 0.05) is 17.8 Å². The molecule has 6 nitrogen and oxygen atoms in total. The zero-order valence-corrected chi connectivity index (χ0v) is 15.5. The van der Waals surface area contributed by atoms with Crippen molar-refractivity contribution in [1.82, 2.24) is 4.98 Å². The minimum absolute atomic E-state index is 0.0387. The van der Waals surface area contributed by atoms with Crippen LogP contribution in [-0.2, 0) is 4.79 Å². The van der Waals surface area contributed by atoms with Crippen molar-refractivity contribution in [3.8, 4) is 0 Å². The van der Waals surface area contributed by atoms with Gasteiger partial charge in [0.25, 0.3) is 5.69 Å². The predicted octanol–water partition coefficient (Wildman–Crippen LogP) is 5.09. The topological polar surface area (TPSA) is 85.1 Å². The van der Waals surface area contributed by atoms with Gasteiger partial charge < -0.3 is 5.32 Å². The standard InChI is InChI=1S/C19H13N3O3S2/c23-18(20-14-6-5-12-3-1-2-4-13(12)9-14)11-26-19-21-16-8-7-15(22(24)25)10-17(16)27-19/h1-10H,11H2,(H,20,23). The van der Waals surface area contributed by atoms with Crippen molar-refractivity contribution < 1.29 is 9.72 Å². The molecule has 0 aliphatic rings. The van der Waals surface area contributed by atoms with Crippen molar-refractivity contribution in [1.29, 1.82) is 0 Å². The number of carbonyl (C=O) groups is 1. The van der Waals surface area contributed by atoms with E-state index < -0.39 is 4.92 Å². The van der Waals surface area contributed by atoms with Gasteiger partial charge in [-0.1, -0.05) is 42.1 Å².